The molecule has 0 atom stereocenters. The summed E-state index contributed by atoms with van der Waals surface area (Å²) in [5, 5.41) is 0. The maximum absolute atomic E-state index is 3.12. The van der Waals surface area contributed by atoms with Crippen molar-refractivity contribution in [2.75, 3.05) is 0 Å². The second kappa shape index (κ2) is 20.0. The van der Waals surface area contributed by atoms with Crippen LogP contribution in [0.15, 0.2) is 35.5 Å². The minimum absolute atomic E-state index is 0. The van der Waals surface area contributed by atoms with Crippen molar-refractivity contribution in [3.05, 3.63) is 47.6 Å². The zero-order valence-corrected chi connectivity index (χ0v) is 16.9. The van der Waals surface area contributed by atoms with Gasteiger partial charge in [0.25, 0.3) is 0 Å². The van der Waals surface area contributed by atoms with Gasteiger partial charge in [0.05, 0.1) is 0 Å². The van der Waals surface area contributed by atoms with Crippen LogP contribution in [0.25, 0.3) is 0 Å². The maximum atomic E-state index is 3.12. The third-order valence-electron chi connectivity index (χ3n) is 1.73. The van der Waals surface area contributed by atoms with Gasteiger partial charge in [0.1, 0.15) is 0 Å². The Balaban J connectivity index is -0.0000000793. The number of hydrogen-bond donors (Lipinski definition) is 0. The monoisotopic (exact) mass is 379 g/mol. The predicted octanol–water partition coefficient (Wildman–Crippen LogP) is 4.75. The summed E-state index contributed by atoms with van der Waals surface area (Å²) in [6.45, 7) is 8.53. The van der Waals surface area contributed by atoms with Crippen molar-refractivity contribution in [3.8, 4) is 0 Å². The van der Waals surface area contributed by atoms with Gasteiger partial charge < -0.3 is 0 Å². The van der Waals surface area contributed by atoms with Crippen LogP contribution in [-0.4, -0.2) is 9.52 Å². The van der Waals surface area contributed by atoms with Gasteiger partial charge in [-0.3, -0.25) is 12.2 Å². The first-order chi connectivity index (χ1) is 7.20. The third-order valence-corrected chi connectivity index (χ3v) is 1.73. The van der Waals surface area contributed by atoms with E-state index in [9.17, 15) is 0 Å². The topological polar surface area (TPSA) is 0 Å². The van der Waals surface area contributed by atoms with Crippen LogP contribution in [0.1, 0.15) is 26.7 Å². The Morgan fingerprint density at radius 3 is 1.22 bits per heavy atom. The fourth-order valence-corrected chi connectivity index (χ4v) is 1.03. The SMILES string of the molecule is CC1=[C-]CC=C1.CC1=[C-]CC=C1.C[SiH]C.Cl.Cl.[Zr+2]. The Labute approximate surface area is 147 Å². The first-order valence-corrected chi connectivity index (χ1v) is 7.73. The van der Waals surface area contributed by atoms with Gasteiger partial charge in [0.15, 0.2) is 0 Å². The van der Waals surface area contributed by atoms with E-state index < -0.39 is 0 Å². The van der Waals surface area contributed by atoms with Crippen LogP contribution in [0.2, 0.25) is 13.1 Å². The molecule has 0 aromatic heterocycles. The Hall–Kier alpha value is 0.640. The van der Waals surface area contributed by atoms with Crippen molar-refractivity contribution in [2.45, 2.75) is 39.8 Å². The molecule has 0 saturated carbocycles. The summed E-state index contributed by atoms with van der Waals surface area (Å²) < 4.78 is 0. The summed E-state index contributed by atoms with van der Waals surface area (Å²) in [7, 11) is 0.750. The van der Waals surface area contributed by atoms with Gasteiger partial charge >= 0.3 is 26.2 Å². The van der Waals surface area contributed by atoms with E-state index in [2.05, 4.69) is 63.4 Å². The molecule has 0 bridgehead atoms. The van der Waals surface area contributed by atoms with E-state index in [1.165, 1.54) is 11.1 Å². The fraction of sp³-hybridized carbons (Fsp3) is 0.429. The van der Waals surface area contributed by atoms with Crippen molar-refractivity contribution < 1.29 is 26.2 Å². The van der Waals surface area contributed by atoms with Gasteiger partial charge in [0.2, 0.25) is 0 Å². The van der Waals surface area contributed by atoms with Gasteiger partial charge in [-0.15, -0.1) is 37.7 Å². The largest absolute Gasteiger partial charge is 2.00 e. The van der Waals surface area contributed by atoms with Crippen LogP contribution in [-0.2, 0) is 26.2 Å². The second-order valence-corrected chi connectivity index (χ2v) is 4.66. The standard InChI is InChI=1S/2C6H7.C2H7Si.2ClH.Zr/c2*1-6-4-2-3-5-6;1-3-2;;;/h2*2,4H,3H2,1H3;3H,1-2H3;2*1H;/q2*-1;;;;+2. The summed E-state index contributed by atoms with van der Waals surface area (Å²) in [6, 6.07) is 0. The van der Waals surface area contributed by atoms with E-state index in [4.69, 9.17) is 0 Å². The Morgan fingerprint density at radius 2 is 1.17 bits per heavy atom. The number of halogens is 2. The van der Waals surface area contributed by atoms with Crippen LogP contribution in [0.5, 0.6) is 0 Å². The van der Waals surface area contributed by atoms with Gasteiger partial charge in [-0.05, 0) is 0 Å². The first-order valence-electron chi connectivity index (χ1n) is 5.42. The average molecular weight is 382 g/mol. The molecule has 0 N–H and O–H groups in total. The number of hydrogen-bond acceptors (Lipinski definition) is 0. The first kappa shape index (κ1) is 27.1. The predicted molar refractivity (Wildman–Crippen MR) is 85.7 cm³/mol. The molecule has 0 fully saturated rings. The summed E-state index contributed by atoms with van der Waals surface area (Å²) in [5.74, 6) is 0. The molecule has 0 aliphatic heterocycles. The van der Waals surface area contributed by atoms with Crippen molar-refractivity contribution in [1.29, 1.82) is 0 Å². The normalized spacial score (nSPS) is 13.3. The molecule has 0 spiro atoms. The molecule has 0 unspecified atom stereocenters. The van der Waals surface area contributed by atoms with Crippen LogP contribution in [0, 0.1) is 12.2 Å². The Kier molecular flexibility index (Phi) is 30.0. The van der Waals surface area contributed by atoms with E-state index in [0.29, 0.717) is 0 Å². The van der Waals surface area contributed by atoms with E-state index in [-0.39, 0.29) is 51.0 Å². The molecule has 0 aromatic carbocycles. The molecule has 0 heterocycles. The summed E-state index contributed by atoms with van der Waals surface area (Å²) in [5.41, 5.74) is 2.55. The summed E-state index contributed by atoms with van der Waals surface area (Å²) in [4.78, 5) is 0. The van der Waals surface area contributed by atoms with Crippen LogP contribution in [0.4, 0.5) is 0 Å². The molecule has 18 heavy (non-hydrogen) atoms. The van der Waals surface area contributed by atoms with Gasteiger partial charge in [-0.2, -0.15) is 12.2 Å². The fourth-order valence-electron chi connectivity index (χ4n) is 1.03. The third kappa shape index (κ3) is 19.0. The quantitative estimate of drug-likeness (QED) is 0.419. The molecule has 101 valence electrons. The molecular weight excluding hydrogens is 358 g/mol. The van der Waals surface area contributed by atoms with Gasteiger partial charge in [-0.1, -0.05) is 26.9 Å². The molecule has 0 nitrogen and oxygen atoms in total. The van der Waals surface area contributed by atoms with Crippen LogP contribution >= 0.6 is 24.8 Å². The minimum atomic E-state index is 0. The zero-order valence-electron chi connectivity index (χ0n) is 11.6. The number of allylic oxidation sites excluding steroid dienone is 8. The van der Waals surface area contributed by atoms with Crippen molar-refractivity contribution in [1.82, 2.24) is 0 Å². The molecule has 4 heteroatoms. The molecule has 0 amide bonds. The number of rotatable bonds is 0. The van der Waals surface area contributed by atoms with Crippen molar-refractivity contribution >= 4 is 34.3 Å². The van der Waals surface area contributed by atoms with Crippen molar-refractivity contribution in [3.63, 3.8) is 0 Å². The van der Waals surface area contributed by atoms with E-state index in [1.807, 2.05) is 0 Å². The van der Waals surface area contributed by atoms with Gasteiger partial charge in [0, 0.05) is 9.52 Å². The zero-order chi connectivity index (χ0) is 11.5. The summed E-state index contributed by atoms with van der Waals surface area (Å²) in [6.07, 6.45) is 16.7. The average Bonchev–Trinajstić information content (AvgIpc) is 2.81. The van der Waals surface area contributed by atoms with Crippen molar-refractivity contribution in [2.24, 2.45) is 0 Å². The molecule has 0 aromatic rings. The van der Waals surface area contributed by atoms with E-state index in [0.717, 1.165) is 22.4 Å². The van der Waals surface area contributed by atoms with Gasteiger partial charge in [-0.25, -0.2) is 23.3 Å². The maximum Gasteiger partial charge on any atom is 2.00 e. The summed E-state index contributed by atoms with van der Waals surface area (Å²) >= 11 is 0. The molecule has 1 radical (unpaired) electrons. The molecular formula is C14H23Cl2SiZr. The molecule has 2 rings (SSSR count). The van der Waals surface area contributed by atoms with Crippen LogP contribution < -0.4 is 0 Å². The Morgan fingerprint density at radius 1 is 0.889 bits per heavy atom. The molecule has 2 aliphatic carbocycles. The van der Waals surface area contributed by atoms with E-state index in [1.54, 1.807) is 0 Å². The smallest absolute Gasteiger partial charge is 0.270 e. The minimum Gasteiger partial charge on any atom is -0.270 e. The molecule has 0 saturated heterocycles. The van der Waals surface area contributed by atoms with Crippen LogP contribution in [0.3, 0.4) is 0 Å². The Bertz CT molecular complexity index is 248. The second-order valence-electron chi connectivity index (χ2n) is 3.51. The van der Waals surface area contributed by atoms with E-state index >= 15 is 0 Å². The molecule has 2 aliphatic rings.